The van der Waals surface area contributed by atoms with Gasteiger partial charge in [-0.15, -0.1) is 0 Å². The van der Waals surface area contributed by atoms with E-state index in [9.17, 15) is 4.79 Å². The third kappa shape index (κ3) is 2.46. The first kappa shape index (κ1) is 10.4. The van der Waals surface area contributed by atoms with Gasteiger partial charge in [0.1, 0.15) is 5.82 Å². The van der Waals surface area contributed by atoms with Crippen LogP contribution in [0.25, 0.3) is 0 Å². The number of H-pyrrole nitrogens is 1. The molecule has 82 valence electrons. The second-order valence-electron chi connectivity index (χ2n) is 4.35. The Morgan fingerprint density at radius 2 is 2.20 bits per heavy atom. The van der Waals surface area contributed by atoms with Crippen molar-refractivity contribution >= 4 is 0 Å². The summed E-state index contributed by atoms with van der Waals surface area (Å²) in [7, 11) is 0. The third-order valence-electron chi connectivity index (χ3n) is 3.07. The number of hydrogen-bond acceptors (Lipinski definition) is 2. The van der Waals surface area contributed by atoms with Crippen molar-refractivity contribution in [3.05, 3.63) is 27.9 Å². The third-order valence-corrected chi connectivity index (χ3v) is 3.07. The van der Waals surface area contributed by atoms with Crippen LogP contribution in [0.4, 0.5) is 0 Å². The van der Waals surface area contributed by atoms with Crippen LogP contribution in [0.15, 0.2) is 10.9 Å². The van der Waals surface area contributed by atoms with E-state index in [0.717, 1.165) is 24.4 Å². The lowest BCUT2D eigenvalue weighted by atomic mass is 10.0. The first-order valence-corrected chi connectivity index (χ1v) is 5.89. The highest BCUT2D eigenvalue weighted by Crippen LogP contribution is 2.32. The molecule has 0 radical (unpaired) electrons. The van der Waals surface area contributed by atoms with E-state index >= 15 is 0 Å². The zero-order chi connectivity index (χ0) is 10.7. The Morgan fingerprint density at radius 1 is 1.47 bits per heavy atom. The van der Waals surface area contributed by atoms with Crippen molar-refractivity contribution in [3.63, 3.8) is 0 Å². The predicted molar refractivity (Wildman–Crippen MR) is 60.1 cm³/mol. The Kier molecular flexibility index (Phi) is 3.19. The molecule has 1 fully saturated rings. The molecule has 0 atom stereocenters. The van der Waals surface area contributed by atoms with Crippen LogP contribution in [-0.4, -0.2) is 9.97 Å². The molecule has 1 N–H and O–H groups in total. The quantitative estimate of drug-likeness (QED) is 0.825. The van der Waals surface area contributed by atoms with Gasteiger partial charge in [-0.25, -0.2) is 4.98 Å². The maximum atomic E-state index is 11.4. The minimum absolute atomic E-state index is 0.00958. The van der Waals surface area contributed by atoms with E-state index in [4.69, 9.17) is 0 Å². The summed E-state index contributed by atoms with van der Waals surface area (Å²) in [6.45, 7) is 2.10. The van der Waals surface area contributed by atoms with E-state index in [2.05, 4.69) is 16.9 Å². The molecule has 1 aromatic rings. The van der Waals surface area contributed by atoms with E-state index in [1.807, 2.05) is 0 Å². The molecule has 0 saturated heterocycles. The standard InChI is InChI=1S/C12H18N2O/c1-2-5-11-13-10(8-12(15)14-11)9-6-3-4-7-9/h8-9H,2-7H2,1H3,(H,13,14,15). The van der Waals surface area contributed by atoms with E-state index in [1.165, 1.54) is 25.7 Å². The molecule has 0 bridgehead atoms. The van der Waals surface area contributed by atoms with Crippen LogP contribution in [0.1, 0.15) is 56.5 Å². The maximum absolute atomic E-state index is 11.4. The Labute approximate surface area is 89.9 Å². The fourth-order valence-electron chi connectivity index (χ4n) is 2.31. The van der Waals surface area contributed by atoms with Gasteiger partial charge in [-0.1, -0.05) is 19.8 Å². The Hall–Kier alpha value is -1.12. The summed E-state index contributed by atoms with van der Waals surface area (Å²) in [5.41, 5.74) is 1.02. The monoisotopic (exact) mass is 206 g/mol. The average Bonchev–Trinajstić information content (AvgIpc) is 2.70. The molecule has 1 aromatic heterocycles. The molecule has 15 heavy (non-hydrogen) atoms. The van der Waals surface area contributed by atoms with Crippen LogP contribution >= 0.6 is 0 Å². The van der Waals surface area contributed by atoms with E-state index in [1.54, 1.807) is 6.07 Å². The highest BCUT2D eigenvalue weighted by Gasteiger charge is 2.19. The molecule has 0 spiro atoms. The molecule has 1 aliphatic rings. The molecule has 1 heterocycles. The molecule has 3 nitrogen and oxygen atoms in total. The summed E-state index contributed by atoms with van der Waals surface area (Å²) < 4.78 is 0. The zero-order valence-electron chi connectivity index (χ0n) is 9.25. The fourth-order valence-corrected chi connectivity index (χ4v) is 2.31. The molecule has 3 heteroatoms. The lowest BCUT2D eigenvalue weighted by Gasteiger charge is -2.09. The Morgan fingerprint density at radius 3 is 2.87 bits per heavy atom. The summed E-state index contributed by atoms with van der Waals surface area (Å²) in [4.78, 5) is 18.8. The van der Waals surface area contributed by atoms with Crippen LogP contribution in [0.3, 0.4) is 0 Å². The van der Waals surface area contributed by atoms with Crippen LogP contribution in [0.2, 0.25) is 0 Å². The summed E-state index contributed by atoms with van der Waals surface area (Å²) in [6, 6.07) is 1.68. The van der Waals surface area contributed by atoms with Crippen LogP contribution in [0, 0.1) is 0 Å². The van der Waals surface area contributed by atoms with Crippen molar-refractivity contribution in [2.75, 3.05) is 0 Å². The van der Waals surface area contributed by atoms with Crippen molar-refractivity contribution in [1.29, 1.82) is 0 Å². The van der Waals surface area contributed by atoms with E-state index in [0.29, 0.717) is 5.92 Å². The summed E-state index contributed by atoms with van der Waals surface area (Å²) in [6.07, 6.45) is 6.85. The number of nitrogens with one attached hydrogen (secondary N) is 1. The molecule has 0 aliphatic heterocycles. The molecule has 1 saturated carbocycles. The maximum Gasteiger partial charge on any atom is 0.251 e. The largest absolute Gasteiger partial charge is 0.311 e. The molecular weight excluding hydrogens is 188 g/mol. The van der Waals surface area contributed by atoms with Gasteiger partial charge < -0.3 is 4.98 Å². The lowest BCUT2D eigenvalue weighted by Crippen LogP contribution is -2.14. The second-order valence-corrected chi connectivity index (χ2v) is 4.35. The van der Waals surface area contributed by atoms with Crippen molar-refractivity contribution in [1.82, 2.24) is 9.97 Å². The van der Waals surface area contributed by atoms with Gasteiger partial charge in [0.15, 0.2) is 0 Å². The number of aromatic nitrogens is 2. The van der Waals surface area contributed by atoms with Gasteiger partial charge in [-0.3, -0.25) is 4.79 Å². The average molecular weight is 206 g/mol. The van der Waals surface area contributed by atoms with Gasteiger partial charge in [0, 0.05) is 18.4 Å². The first-order valence-electron chi connectivity index (χ1n) is 5.89. The molecule has 0 unspecified atom stereocenters. The second kappa shape index (κ2) is 4.60. The van der Waals surface area contributed by atoms with E-state index < -0.39 is 0 Å². The van der Waals surface area contributed by atoms with Gasteiger partial charge in [0.2, 0.25) is 0 Å². The predicted octanol–water partition coefficient (Wildman–Crippen LogP) is 2.38. The molecule has 0 amide bonds. The molecule has 2 rings (SSSR count). The highest BCUT2D eigenvalue weighted by atomic mass is 16.1. The zero-order valence-corrected chi connectivity index (χ0v) is 9.25. The fraction of sp³-hybridized carbons (Fsp3) is 0.667. The molecule has 0 aromatic carbocycles. The van der Waals surface area contributed by atoms with Gasteiger partial charge in [0.05, 0.1) is 5.69 Å². The van der Waals surface area contributed by atoms with Gasteiger partial charge in [-0.2, -0.15) is 0 Å². The Balaban J connectivity index is 2.26. The van der Waals surface area contributed by atoms with E-state index in [-0.39, 0.29) is 5.56 Å². The smallest absolute Gasteiger partial charge is 0.251 e. The first-order chi connectivity index (χ1) is 7.29. The number of aryl methyl sites for hydroxylation is 1. The minimum Gasteiger partial charge on any atom is -0.311 e. The van der Waals surface area contributed by atoms with Crippen LogP contribution in [0.5, 0.6) is 0 Å². The van der Waals surface area contributed by atoms with Crippen LogP contribution in [-0.2, 0) is 6.42 Å². The molecular formula is C12H18N2O. The molecule has 1 aliphatic carbocycles. The van der Waals surface area contributed by atoms with Crippen molar-refractivity contribution < 1.29 is 0 Å². The lowest BCUT2D eigenvalue weighted by molar-refractivity contribution is 0.676. The number of nitrogens with zero attached hydrogens (tertiary/aromatic N) is 1. The highest BCUT2D eigenvalue weighted by molar-refractivity contribution is 5.10. The normalized spacial score (nSPS) is 17.1. The van der Waals surface area contributed by atoms with Gasteiger partial charge >= 0.3 is 0 Å². The number of aromatic amines is 1. The SMILES string of the molecule is CCCc1nc(C2CCCC2)cc(=O)[nH]1. The number of rotatable bonds is 3. The number of hydrogen-bond donors (Lipinski definition) is 1. The summed E-state index contributed by atoms with van der Waals surface area (Å²) in [5, 5.41) is 0. The summed E-state index contributed by atoms with van der Waals surface area (Å²) >= 11 is 0. The van der Waals surface area contributed by atoms with Gasteiger partial charge in [0.25, 0.3) is 5.56 Å². The van der Waals surface area contributed by atoms with Crippen molar-refractivity contribution in [2.24, 2.45) is 0 Å². The minimum atomic E-state index is 0.00958. The topological polar surface area (TPSA) is 45.8 Å². The van der Waals surface area contributed by atoms with Crippen molar-refractivity contribution in [2.45, 2.75) is 51.4 Å². The van der Waals surface area contributed by atoms with Gasteiger partial charge in [-0.05, 0) is 19.3 Å². The van der Waals surface area contributed by atoms with Crippen molar-refractivity contribution in [3.8, 4) is 0 Å². The Bertz CT molecular complexity index is 377. The summed E-state index contributed by atoms with van der Waals surface area (Å²) in [5.74, 6) is 1.38. The van der Waals surface area contributed by atoms with Crippen LogP contribution < -0.4 is 5.56 Å².